The second-order valence-electron chi connectivity index (χ2n) is 2.32. The number of fused-ring (bicyclic) bond motifs is 1. The molecule has 1 N–H and O–H groups in total. The highest BCUT2D eigenvalue weighted by Crippen LogP contribution is 2.23. The molecule has 1 heterocycles. The summed E-state index contributed by atoms with van der Waals surface area (Å²) in [6.45, 7) is 0. The average molecular weight is 95.1 g/mol. The summed E-state index contributed by atoms with van der Waals surface area (Å²) in [7, 11) is 0. The SMILES string of the molecule is C1=CC[C@H]2N[C@H]2C1. The second kappa shape index (κ2) is 1.10. The molecule has 1 aliphatic carbocycles. The van der Waals surface area contributed by atoms with E-state index in [1.807, 2.05) is 0 Å². The fraction of sp³-hybridized carbons (Fsp3) is 0.667. The standard InChI is InChI=1S/C6H9N/c1-2-4-6-5(3-1)7-6/h1-2,5-7H,3-4H2/t5-,6+. The van der Waals surface area contributed by atoms with E-state index in [-0.39, 0.29) is 0 Å². The minimum atomic E-state index is 0.866. The van der Waals surface area contributed by atoms with Crippen LogP contribution in [0, 0.1) is 0 Å². The van der Waals surface area contributed by atoms with Crippen molar-refractivity contribution in [1.82, 2.24) is 5.32 Å². The molecule has 1 nitrogen and oxygen atoms in total. The lowest BCUT2D eigenvalue weighted by atomic mass is 10.1. The van der Waals surface area contributed by atoms with Gasteiger partial charge < -0.3 is 5.32 Å². The van der Waals surface area contributed by atoms with Gasteiger partial charge in [-0.2, -0.15) is 0 Å². The van der Waals surface area contributed by atoms with Gasteiger partial charge in [0, 0.05) is 12.1 Å². The first-order valence-corrected chi connectivity index (χ1v) is 2.88. The van der Waals surface area contributed by atoms with E-state index in [1.54, 1.807) is 0 Å². The van der Waals surface area contributed by atoms with Crippen LogP contribution in [-0.4, -0.2) is 12.1 Å². The molecule has 38 valence electrons. The monoisotopic (exact) mass is 95.1 g/mol. The Hall–Kier alpha value is -0.300. The van der Waals surface area contributed by atoms with E-state index in [0.717, 1.165) is 12.1 Å². The van der Waals surface area contributed by atoms with Crippen molar-refractivity contribution >= 4 is 0 Å². The Morgan fingerprint density at radius 1 is 1.14 bits per heavy atom. The topological polar surface area (TPSA) is 21.9 Å². The van der Waals surface area contributed by atoms with Crippen LogP contribution in [-0.2, 0) is 0 Å². The van der Waals surface area contributed by atoms with E-state index >= 15 is 0 Å². The third kappa shape index (κ3) is 0.484. The van der Waals surface area contributed by atoms with E-state index in [1.165, 1.54) is 12.8 Å². The second-order valence-corrected chi connectivity index (χ2v) is 2.32. The molecule has 0 spiro atoms. The van der Waals surface area contributed by atoms with Gasteiger partial charge in [-0.15, -0.1) is 0 Å². The number of hydrogen-bond acceptors (Lipinski definition) is 1. The molecular weight excluding hydrogens is 86.1 g/mol. The number of hydrogen-bond donors (Lipinski definition) is 1. The maximum atomic E-state index is 3.37. The van der Waals surface area contributed by atoms with Crippen LogP contribution in [0.2, 0.25) is 0 Å². The van der Waals surface area contributed by atoms with Crippen LogP contribution in [0.25, 0.3) is 0 Å². The smallest absolute Gasteiger partial charge is 0.0262 e. The van der Waals surface area contributed by atoms with E-state index < -0.39 is 0 Å². The molecule has 0 amide bonds. The quantitative estimate of drug-likeness (QED) is 0.347. The average Bonchev–Trinajstić information content (AvgIpc) is 2.41. The Morgan fingerprint density at radius 2 is 1.71 bits per heavy atom. The molecule has 0 saturated carbocycles. The first kappa shape index (κ1) is 3.67. The van der Waals surface area contributed by atoms with Gasteiger partial charge in [0.2, 0.25) is 0 Å². The number of rotatable bonds is 0. The van der Waals surface area contributed by atoms with Gasteiger partial charge in [-0.3, -0.25) is 0 Å². The van der Waals surface area contributed by atoms with Crippen molar-refractivity contribution in [3.63, 3.8) is 0 Å². The minimum Gasteiger partial charge on any atom is -0.307 e. The van der Waals surface area contributed by atoms with Crippen molar-refractivity contribution in [2.75, 3.05) is 0 Å². The molecule has 0 aromatic carbocycles. The maximum Gasteiger partial charge on any atom is 0.0262 e. The van der Waals surface area contributed by atoms with Gasteiger partial charge in [-0.05, 0) is 12.8 Å². The molecule has 1 aliphatic heterocycles. The van der Waals surface area contributed by atoms with Crippen molar-refractivity contribution in [2.24, 2.45) is 0 Å². The summed E-state index contributed by atoms with van der Waals surface area (Å²) >= 11 is 0. The van der Waals surface area contributed by atoms with Gasteiger partial charge >= 0.3 is 0 Å². The maximum absolute atomic E-state index is 3.37. The van der Waals surface area contributed by atoms with Crippen LogP contribution in [0.4, 0.5) is 0 Å². The van der Waals surface area contributed by atoms with Crippen molar-refractivity contribution in [3.8, 4) is 0 Å². The predicted octanol–water partition coefficient (Wildman–Crippen LogP) is 0.677. The fourth-order valence-corrected chi connectivity index (χ4v) is 1.17. The highest BCUT2D eigenvalue weighted by Gasteiger charge is 2.35. The predicted molar refractivity (Wildman–Crippen MR) is 29.1 cm³/mol. The normalized spacial score (nSPS) is 45.7. The van der Waals surface area contributed by atoms with Gasteiger partial charge in [0.05, 0.1) is 0 Å². The van der Waals surface area contributed by atoms with Crippen LogP contribution in [0.5, 0.6) is 0 Å². The summed E-state index contributed by atoms with van der Waals surface area (Å²) < 4.78 is 0. The summed E-state index contributed by atoms with van der Waals surface area (Å²) in [6.07, 6.45) is 7.07. The molecule has 1 saturated heterocycles. The molecule has 7 heavy (non-hydrogen) atoms. The fourth-order valence-electron chi connectivity index (χ4n) is 1.17. The molecule has 1 heteroatoms. The van der Waals surface area contributed by atoms with E-state index in [2.05, 4.69) is 17.5 Å². The van der Waals surface area contributed by atoms with Crippen LogP contribution in [0.1, 0.15) is 12.8 Å². The van der Waals surface area contributed by atoms with Gasteiger partial charge in [0.15, 0.2) is 0 Å². The Kier molecular flexibility index (Phi) is 0.577. The lowest BCUT2D eigenvalue weighted by molar-refractivity contribution is 0.854. The molecule has 0 aromatic rings. The van der Waals surface area contributed by atoms with Gasteiger partial charge in [0.1, 0.15) is 0 Å². The Labute approximate surface area is 43.4 Å². The van der Waals surface area contributed by atoms with Crippen LogP contribution >= 0.6 is 0 Å². The Bertz CT molecular complexity index is 94.7. The van der Waals surface area contributed by atoms with Gasteiger partial charge in [-0.1, -0.05) is 12.2 Å². The molecule has 2 atom stereocenters. The molecule has 0 aromatic heterocycles. The lowest BCUT2D eigenvalue weighted by Gasteiger charge is -1.93. The zero-order chi connectivity index (χ0) is 4.69. The zero-order valence-corrected chi connectivity index (χ0v) is 4.22. The van der Waals surface area contributed by atoms with Crippen molar-refractivity contribution in [3.05, 3.63) is 12.2 Å². The summed E-state index contributed by atoms with van der Waals surface area (Å²) in [5, 5.41) is 3.37. The first-order valence-electron chi connectivity index (χ1n) is 2.88. The third-order valence-electron chi connectivity index (χ3n) is 1.75. The highest BCUT2D eigenvalue weighted by molar-refractivity contribution is 5.10. The summed E-state index contributed by atoms with van der Waals surface area (Å²) in [5.41, 5.74) is 0. The molecule has 1 fully saturated rings. The molecule has 0 bridgehead atoms. The van der Waals surface area contributed by atoms with Crippen molar-refractivity contribution in [2.45, 2.75) is 24.9 Å². The largest absolute Gasteiger partial charge is 0.307 e. The van der Waals surface area contributed by atoms with Gasteiger partial charge in [-0.25, -0.2) is 0 Å². The third-order valence-corrected chi connectivity index (χ3v) is 1.75. The van der Waals surface area contributed by atoms with E-state index in [4.69, 9.17) is 0 Å². The van der Waals surface area contributed by atoms with E-state index in [0.29, 0.717) is 0 Å². The Morgan fingerprint density at radius 3 is 2.14 bits per heavy atom. The molecule has 0 radical (unpaired) electrons. The molecule has 0 unspecified atom stereocenters. The zero-order valence-electron chi connectivity index (χ0n) is 4.22. The highest BCUT2D eigenvalue weighted by atomic mass is 15.1. The minimum absolute atomic E-state index is 0.866. The Balaban J connectivity index is 2.10. The summed E-state index contributed by atoms with van der Waals surface area (Å²) in [6, 6.07) is 1.73. The molecular formula is C6H9N. The van der Waals surface area contributed by atoms with Crippen LogP contribution in [0.15, 0.2) is 12.2 Å². The van der Waals surface area contributed by atoms with Crippen LogP contribution < -0.4 is 5.32 Å². The lowest BCUT2D eigenvalue weighted by Crippen LogP contribution is -1.94. The van der Waals surface area contributed by atoms with Crippen LogP contribution in [0.3, 0.4) is 0 Å². The summed E-state index contributed by atoms with van der Waals surface area (Å²) in [4.78, 5) is 0. The first-order chi connectivity index (χ1) is 3.47. The summed E-state index contributed by atoms with van der Waals surface area (Å²) in [5.74, 6) is 0. The number of nitrogens with one attached hydrogen (secondary N) is 1. The van der Waals surface area contributed by atoms with Crippen molar-refractivity contribution in [1.29, 1.82) is 0 Å². The van der Waals surface area contributed by atoms with Gasteiger partial charge in [0.25, 0.3) is 0 Å². The van der Waals surface area contributed by atoms with E-state index in [9.17, 15) is 0 Å². The molecule has 2 aliphatic rings. The molecule has 2 rings (SSSR count). The van der Waals surface area contributed by atoms with Crippen molar-refractivity contribution < 1.29 is 0 Å².